The van der Waals surface area contributed by atoms with Crippen molar-refractivity contribution in [3.05, 3.63) is 76.1 Å². The van der Waals surface area contributed by atoms with E-state index in [9.17, 15) is 0 Å². The van der Waals surface area contributed by atoms with E-state index in [-0.39, 0.29) is 0 Å². The van der Waals surface area contributed by atoms with Crippen molar-refractivity contribution in [3.8, 4) is 17.0 Å². The molecule has 0 atom stereocenters. The Bertz CT molecular complexity index is 1360. The van der Waals surface area contributed by atoms with Gasteiger partial charge in [0.05, 0.1) is 34.1 Å². The number of rotatable bonds is 5. The van der Waals surface area contributed by atoms with Crippen molar-refractivity contribution in [2.45, 2.75) is 13.5 Å². The molecule has 0 fully saturated rings. The first-order valence-corrected chi connectivity index (χ1v) is 10.7. The summed E-state index contributed by atoms with van der Waals surface area (Å²) in [4.78, 5) is 8.25. The van der Waals surface area contributed by atoms with E-state index in [0.717, 1.165) is 54.0 Å². The van der Waals surface area contributed by atoms with Crippen molar-refractivity contribution in [1.29, 1.82) is 0 Å². The summed E-state index contributed by atoms with van der Waals surface area (Å²) in [5.41, 5.74) is 5.03. The highest BCUT2D eigenvalue weighted by atomic mass is 79.9. The number of halogens is 2. The first-order valence-electron chi connectivity index (χ1n) is 9.56. The largest absolute Gasteiger partial charge is 0.492 e. The van der Waals surface area contributed by atoms with Crippen LogP contribution < -0.4 is 4.74 Å². The quantitative estimate of drug-likeness (QED) is 0.317. The first-order chi connectivity index (χ1) is 14.6. The zero-order valence-corrected chi connectivity index (χ0v) is 18.5. The zero-order valence-electron chi connectivity index (χ0n) is 16.2. The summed E-state index contributed by atoms with van der Waals surface area (Å²) in [5.74, 6) is 0.821. The van der Waals surface area contributed by atoms with Crippen LogP contribution in [0.5, 0.6) is 5.75 Å². The lowest BCUT2D eigenvalue weighted by molar-refractivity contribution is 0.291. The van der Waals surface area contributed by atoms with Gasteiger partial charge in [-0.3, -0.25) is 9.67 Å². The summed E-state index contributed by atoms with van der Waals surface area (Å²) in [5, 5.41) is 7.18. The van der Waals surface area contributed by atoms with Crippen LogP contribution in [0.1, 0.15) is 5.69 Å². The molecule has 0 spiro atoms. The maximum atomic E-state index is 6.22. The molecule has 0 aliphatic heterocycles. The molecular formula is C23H18BrClN4O. The van der Waals surface area contributed by atoms with E-state index in [1.54, 1.807) is 6.20 Å². The maximum absolute atomic E-state index is 6.22. The highest BCUT2D eigenvalue weighted by Crippen LogP contribution is 2.32. The molecule has 0 saturated carbocycles. The average molecular weight is 482 g/mol. The van der Waals surface area contributed by atoms with Crippen molar-refractivity contribution in [2.75, 3.05) is 6.61 Å². The molecule has 0 unspecified atom stereocenters. The number of aromatic amines is 1. The number of ether oxygens (including phenoxy) is 1. The lowest BCUT2D eigenvalue weighted by atomic mass is 10.1. The predicted octanol–water partition coefficient (Wildman–Crippen LogP) is 6.38. The summed E-state index contributed by atoms with van der Waals surface area (Å²) in [6, 6.07) is 16.0. The van der Waals surface area contributed by atoms with Crippen LogP contribution in [0.3, 0.4) is 0 Å². The summed E-state index contributed by atoms with van der Waals surface area (Å²) < 4.78 is 8.65. The monoisotopic (exact) mass is 480 g/mol. The topological polar surface area (TPSA) is 55.7 Å². The lowest BCUT2D eigenvalue weighted by Gasteiger charge is -2.08. The van der Waals surface area contributed by atoms with Crippen molar-refractivity contribution in [2.24, 2.45) is 0 Å². The van der Waals surface area contributed by atoms with Gasteiger partial charge in [0.25, 0.3) is 0 Å². The van der Waals surface area contributed by atoms with Crippen LogP contribution in [0.25, 0.3) is 33.1 Å². The van der Waals surface area contributed by atoms with E-state index in [1.807, 2.05) is 60.3 Å². The molecule has 5 nitrogen and oxygen atoms in total. The van der Waals surface area contributed by atoms with Crippen LogP contribution in [0, 0.1) is 6.92 Å². The van der Waals surface area contributed by atoms with Gasteiger partial charge in [-0.1, -0.05) is 11.6 Å². The van der Waals surface area contributed by atoms with Gasteiger partial charge in [-0.05, 0) is 71.4 Å². The minimum Gasteiger partial charge on any atom is -0.492 e. The fraction of sp³-hybridized carbons (Fsp3) is 0.130. The average Bonchev–Trinajstić information content (AvgIpc) is 3.32. The minimum atomic E-state index is 0.548. The Morgan fingerprint density at radius 1 is 1.10 bits per heavy atom. The number of fused-ring (bicyclic) bond motifs is 3. The first kappa shape index (κ1) is 19.2. The third-order valence-corrected chi connectivity index (χ3v) is 5.72. The minimum absolute atomic E-state index is 0.548. The van der Waals surface area contributed by atoms with Gasteiger partial charge in [0.15, 0.2) is 0 Å². The number of pyridine rings is 1. The molecule has 7 heteroatoms. The van der Waals surface area contributed by atoms with Gasteiger partial charge in [-0.2, -0.15) is 5.10 Å². The van der Waals surface area contributed by atoms with Crippen LogP contribution in [-0.2, 0) is 6.54 Å². The smallest absolute Gasteiger partial charge is 0.119 e. The van der Waals surface area contributed by atoms with E-state index in [4.69, 9.17) is 21.3 Å². The van der Waals surface area contributed by atoms with Gasteiger partial charge < -0.3 is 9.72 Å². The van der Waals surface area contributed by atoms with Crippen LogP contribution in [0.15, 0.2) is 65.4 Å². The van der Waals surface area contributed by atoms with Gasteiger partial charge in [0.1, 0.15) is 12.4 Å². The SMILES string of the molecule is Cc1nc(-c2ccc(OCCn3cc(Br)cn3)cc2)cc2c1[nH]c1ccc(Cl)cc12. The lowest BCUT2D eigenvalue weighted by Crippen LogP contribution is -2.08. The molecule has 0 radical (unpaired) electrons. The van der Waals surface area contributed by atoms with E-state index >= 15 is 0 Å². The number of hydrogen-bond donors (Lipinski definition) is 1. The Balaban J connectivity index is 1.39. The molecule has 0 aliphatic carbocycles. The van der Waals surface area contributed by atoms with E-state index in [2.05, 4.69) is 32.1 Å². The third kappa shape index (κ3) is 3.68. The molecular weight excluding hydrogens is 464 g/mol. The second-order valence-corrected chi connectivity index (χ2v) is 8.48. The van der Waals surface area contributed by atoms with Crippen molar-refractivity contribution in [3.63, 3.8) is 0 Å². The number of nitrogens with zero attached hydrogens (tertiary/aromatic N) is 3. The number of benzene rings is 2. The Morgan fingerprint density at radius 3 is 2.70 bits per heavy atom. The molecule has 1 N–H and O–H groups in total. The summed E-state index contributed by atoms with van der Waals surface area (Å²) in [7, 11) is 0. The molecule has 2 aromatic carbocycles. The molecule has 0 amide bonds. The van der Waals surface area contributed by atoms with E-state index in [0.29, 0.717) is 13.2 Å². The molecule has 5 aromatic rings. The third-order valence-electron chi connectivity index (χ3n) is 5.07. The van der Waals surface area contributed by atoms with Crippen molar-refractivity contribution >= 4 is 49.3 Å². The Hall–Kier alpha value is -2.83. The maximum Gasteiger partial charge on any atom is 0.119 e. The van der Waals surface area contributed by atoms with Crippen LogP contribution in [-0.4, -0.2) is 26.4 Å². The fourth-order valence-electron chi connectivity index (χ4n) is 3.61. The molecule has 5 rings (SSSR count). The van der Waals surface area contributed by atoms with Crippen LogP contribution in [0.4, 0.5) is 0 Å². The molecule has 3 heterocycles. The van der Waals surface area contributed by atoms with E-state index in [1.165, 1.54) is 0 Å². The predicted molar refractivity (Wildman–Crippen MR) is 124 cm³/mol. The van der Waals surface area contributed by atoms with E-state index < -0.39 is 0 Å². The number of aromatic nitrogens is 4. The molecule has 0 aliphatic rings. The molecule has 30 heavy (non-hydrogen) atoms. The zero-order chi connectivity index (χ0) is 20.7. The number of hydrogen-bond acceptors (Lipinski definition) is 3. The number of H-pyrrole nitrogens is 1. The Labute approximate surface area is 186 Å². The molecule has 3 aromatic heterocycles. The van der Waals surface area contributed by atoms with Crippen molar-refractivity contribution in [1.82, 2.24) is 19.7 Å². The second kappa shape index (κ2) is 7.78. The van der Waals surface area contributed by atoms with Gasteiger partial charge in [0.2, 0.25) is 0 Å². The van der Waals surface area contributed by atoms with Gasteiger partial charge in [-0.25, -0.2) is 0 Å². The van der Waals surface area contributed by atoms with Gasteiger partial charge in [-0.15, -0.1) is 0 Å². The van der Waals surface area contributed by atoms with Crippen LogP contribution >= 0.6 is 27.5 Å². The van der Waals surface area contributed by atoms with Gasteiger partial charge in [0, 0.05) is 33.1 Å². The highest BCUT2D eigenvalue weighted by molar-refractivity contribution is 9.10. The summed E-state index contributed by atoms with van der Waals surface area (Å²) in [6.45, 7) is 3.26. The van der Waals surface area contributed by atoms with Crippen LogP contribution in [0.2, 0.25) is 5.02 Å². The number of aryl methyl sites for hydroxylation is 1. The fourth-order valence-corrected chi connectivity index (χ4v) is 4.11. The highest BCUT2D eigenvalue weighted by Gasteiger charge is 2.11. The molecule has 150 valence electrons. The summed E-state index contributed by atoms with van der Waals surface area (Å²) in [6.07, 6.45) is 3.69. The van der Waals surface area contributed by atoms with Crippen molar-refractivity contribution < 1.29 is 4.74 Å². The Morgan fingerprint density at radius 2 is 1.93 bits per heavy atom. The normalized spacial score (nSPS) is 11.4. The second-order valence-electron chi connectivity index (χ2n) is 7.12. The number of nitrogens with one attached hydrogen (secondary N) is 1. The molecule has 0 bridgehead atoms. The molecule has 0 saturated heterocycles. The van der Waals surface area contributed by atoms with Gasteiger partial charge >= 0.3 is 0 Å². The standard InChI is InChI=1S/C23H18BrClN4O/c1-14-23-20(19-10-17(25)4-7-21(19)28-23)11-22(27-14)15-2-5-18(6-3-15)30-9-8-29-13-16(24)12-26-29/h2-7,10-13,28H,8-9H2,1H3. The summed E-state index contributed by atoms with van der Waals surface area (Å²) >= 11 is 9.62. The Kier molecular flexibility index (Phi) is 4.97.